The molecule has 0 bridgehead atoms. The van der Waals surface area contributed by atoms with Gasteiger partial charge in [-0.25, -0.2) is 0 Å². The highest BCUT2D eigenvalue weighted by molar-refractivity contribution is 14.1. The second kappa shape index (κ2) is 8.15. The molecule has 0 amide bonds. The number of piperidine rings is 1. The molecule has 140 valence electrons. The molecule has 0 aromatic rings. The van der Waals surface area contributed by atoms with Crippen LogP contribution in [-0.2, 0) is 0 Å². The van der Waals surface area contributed by atoms with Gasteiger partial charge in [0.25, 0.3) is 0 Å². The van der Waals surface area contributed by atoms with Gasteiger partial charge < -0.3 is 9.80 Å². The number of allylic oxidation sites excluding steroid dienone is 5. The summed E-state index contributed by atoms with van der Waals surface area (Å²) in [6.07, 6.45) is 5.10. The Hall–Kier alpha value is -0.970. The van der Waals surface area contributed by atoms with E-state index in [9.17, 15) is 0 Å². The number of hydrogen-bond acceptors (Lipinski definition) is 2. The molecule has 0 saturated carbocycles. The Morgan fingerprint density at radius 2 is 1.72 bits per heavy atom. The van der Waals surface area contributed by atoms with Gasteiger partial charge in [0, 0.05) is 49.1 Å². The van der Waals surface area contributed by atoms with E-state index in [2.05, 4.69) is 111 Å². The summed E-state index contributed by atoms with van der Waals surface area (Å²) in [5, 5.41) is 0. The zero-order chi connectivity index (χ0) is 19.6. The highest BCUT2D eigenvalue weighted by Gasteiger charge is 2.51. The van der Waals surface area contributed by atoms with E-state index >= 15 is 0 Å². The van der Waals surface area contributed by atoms with E-state index in [4.69, 9.17) is 0 Å². The molecule has 1 heterocycles. The van der Waals surface area contributed by atoms with Gasteiger partial charge in [0.2, 0.25) is 0 Å². The predicted octanol–water partition coefficient (Wildman–Crippen LogP) is 6.50. The van der Waals surface area contributed by atoms with Crippen LogP contribution >= 0.6 is 22.6 Å². The topological polar surface area (TPSA) is 6.48 Å². The molecule has 0 aliphatic carbocycles. The maximum absolute atomic E-state index is 4.26. The Kier molecular flexibility index (Phi) is 7.20. The van der Waals surface area contributed by atoms with Gasteiger partial charge in [-0.2, -0.15) is 0 Å². The molecule has 1 fully saturated rings. The fraction of sp³-hybridized carbons (Fsp3) is 0.545. The third kappa shape index (κ3) is 3.76. The lowest BCUT2D eigenvalue weighted by Gasteiger charge is -2.55. The molecule has 1 aliphatic rings. The van der Waals surface area contributed by atoms with Crippen molar-refractivity contribution < 1.29 is 0 Å². The number of halogens is 1. The van der Waals surface area contributed by atoms with Gasteiger partial charge in [-0.15, -0.1) is 0 Å². The predicted molar refractivity (Wildman–Crippen MR) is 120 cm³/mol. The summed E-state index contributed by atoms with van der Waals surface area (Å²) in [6, 6.07) is 0. The van der Waals surface area contributed by atoms with Crippen molar-refractivity contribution in [2.75, 3.05) is 20.6 Å². The average molecular weight is 454 g/mol. The van der Waals surface area contributed by atoms with Gasteiger partial charge in [-0.1, -0.05) is 76.4 Å². The van der Waals surface area contributed by atoms with Gasteiger partial charge in [0.1, 0.15) is 0 Å². The first kappa shape index (κ1) is 22.1. The van der Waals surface area contributed by atoms with Crippen molar-refractivity contribution in [3.8, 4) is 0 Å². The Labute approximate surface area is 169 Å². The molecule has 2 nitrogen and oxygen atoms in total. The molecule has 1 rings (SSSR count). The molecule has 1 aliphatic heterocycles. The fourth-order valence-electron chi connectivity index (χ4n) is 3.54. The first-order chi connectivity index (χ1) is 11.5. The van der Waals surface area contributed by atoms with Crippen LogP contribution in [0.1, 0.15) is 48.0 Å². The SMILES string of the molecule is C=CC(=C)/C(CC)=C1/C(=C\I)C(C)(C)C(C)(C)/C(=C/N(C)C)N1CC. The van der Waals surface area contributed by atoms with Crippen LogP contribution in [0, 0.1) is 10.8 Å². The van der Waals surface area contributed by atoms with Crippen molar-refractivity contribution in [1.29, 1.82) is 0 Å². The number of likely N-dealkylation sites (tertiary alicyclic amines) is 1. The standard InChI is InChI=1S/C22H35IN2/c1-11-16(4)17(12-2)20-18(14-23)21(5,6)22(7,8)19(15-24(9)10)25(20)13-3/h11,14-15H,1,4,12-13H2,2-3,5-10H3/b18-14+,19-15-,20-17-. The summed E-state index contributed by atoms with van der Waals surface area (Å²) >= 11 is 2.40. The maximum Gasteiger partial charge on any atom is 0.0489 e. The molecular formula is C22H35IN2. The first-order valence-corrected chi connectivity index (χ1v) is 10.3. The summed E-state index contributed by atoms with van der Waals surface area (Å²) < 4.78 is 2.26. The van der Waals surface area contributed by atoms with Crippen molar-refractivity contribution in [3.05, 3.63) is 57.6 Å². The summed E-state index contributed by atoms with van der Waals surface area (Å²) in [5.74, 6) is 0. The minimum Gasteiger partial charge on any atom is -0.382 e. The summed E-state index contributed by atoms with van der Waals surface area (Å²) in [6.45, 7) is 23.0. The van der Waals surface area contributed by atoms with Crippen LogP contribution in [0.2, 0.25) is 0 Å². The normalized spacial score (nSPS) is 24.4. The number of hydrogen-bond donors (Lipinski definition) is 0. The van der Waals surface area contributed by atoms with E-state index in [1.165, 1.54) is 22.5 Å². The van der Waals surface area contributed by atoms with Crippen LogP contribution < -0.4 is 0 Å². The summed E-state index contributed by atoms with van der Waals surface area (Å²) in [7, 11) is 4.20. The van der Waals surface area contributed by atoms with Gasteiger partial charge in [-0.05, 0) is 34.1 Å². The van der Waals surface area contributed by atoms with Gasteiger partial charge in [-0.3, -0.25) is 0 Å². The number of nitrogens with zero attached hydrogens (tertiary/aromatic N) is 2. The molecule has 0 radical (unpaired) electrons. The molecule has 25 heavy (non-hydrogen) atoms. The summed E-state index contributed by atoms with van der Waals surface area (Å²) in [5.41, 5.74) is 6.35. The van der Waals surface area contributed by atoms with Crippen molar-refractivity contribution in [2.24, 2.45) is 10.8 Å². The lowest BCUT2D eigenvalue weighted by Crippen LogP contribution is -2.49. The molecule has 0 N–H and O–H groups in total. The van der Waals surface area contributed by atoms with Crippen LogP contribution in [0.25, 0.3) is 0 Å². The van der Waals surface area contributed by atoms with Crippen molar-refractivity contribution in [3.63, 3.8) is 0 Å². The van der Waals surface area contributed by atoms with Crippen LogP contribution in [0.4, 0.5) is 0 Å². The van der Waals surface area contributed by atoms with Crippen molar-refractivity contribution in [1.82, 2.24) is 9.80 Å². The van der Waals surface area contributed by atoms with Crippen LogP contribution in [0.5, 0.6) is 0 Å². The Balaban J connectivity index is 3.96. The molecule has 3 heteroatoms. The third-order valence-corrected chi connectivity index (χ3v) is 6.39. The average Bonchev–Trinajstić information content (AvgIpc) is 2.53. The number of rotatable bonds is 5. The lowest BCUT2D eigenvalue weighted by molar-refractivity contribution is 0.120. The molecular weight excluding hydrogens is 419 g/mol. The molecule has 0 aromatic heterocycles. The Bertz CT molecular complexity index is 630. The minimum absolute atomic E-state index is 0.00108. The number of likely N-dealkylation sites (N-methyl/N-ethyl adjacent to an activating group) is 1. The Morgan fingerprint density at radius 3 is 2.08 bits per heavy atom. The van der Waals surface area contributed by atoms with Gasteiger partial charge in [0.15, 0.2) is 0 Å². The van der Waals surface area contributed by atoms with E-state index in [1.54, 1.807) is 0 Å². The van der Waals surface area contributed by atoms with E-state index in [1.807, 2.05) is 6.08 Å². The second-order valence-electron chi connectivity index (χ2n) is 7.91. The van der Waals surface area contributed by atoms with E-state index in [0.717, 1.165) is 18.5 Å². The largest absolute Gasteiger partial charge is 0.382 e. The smallest absolute Gasteiger partial charge is 0.0489 e. The van der Waals surface area contributed by atoms with Gasteiger partial charge >= 0.3 is 0 Å². The zero-order valence-electron chi connectivity index (χ0n) is 17.3. The quantitative estimate of drug-likeness (QED) is 0.346. The molecule has 0 atom stereocenters. The van der Waals surface area contributed by atoms with Gasteiger partial charge in [0.05, 0.1) is 0 Å². The lowest BCUT2D eigenvalue weighted by atomic mass is 9.58. The fourth-order valence-corrected chi connectivity index (χ4v) is 4.62. The van der Waals surface area contributed by atoms with Crippen LogP contribution in [0.15, 0.2) is 57.6 Å². The second-order valence-corrected chi connectivity index (χ2v) is 8.53. The first-order valence-electron chi connectivity index (χ1n) is 9.03. The van der Waals surface area contributed by atoms with E-state index in [-0.39, 0.29) is 10.8 Å². The highest BCUT2D eigenvalue weighted by atomic mass is 127. The van der Waals surface area contributed by atoms with E-state index < -0.39 is 0 Å². The minimum atomic E-state index is -0.00108. The third-order valence-electron chi connectivity index (χ3n) is 5.77. The van der Waals surface area contributed by atoms with Crippen LogP contribution in [-0.4, -0.2) is 30.4 Å². The maximum atomic E-state index is 4.26. The Morgan fingerprint density at radius 1 is 1.16 bits per heavy atom. The zero-order valence-corrected chi connectivity index (χ0v) is 19.5. The highest BCUT2D eigenvalue weighted by Crippen LogP contribution is 2.58. The van der Waals surface area contributed by atoms with Crippen LogP contribution in [0.3, 0.4) is 0 Å². The summed E-state index contributed by atoms with van der Waals surface area (Å²) in [4.78, 5) is 4.63. The molecule has 0 aromatic carbocycles. The molecule has 1 saturated heterocycles. The monoisotopic (exact) mass is 454 g/mol. The van der Waals surface area contributed by atoms with Crippen molar-refractivity contribution >= 4 is 22.6 Å². The molecule has 0 spiro atoms. The van der Waals surface area contributed by atoms with Crippen molar-refractivity contribution in [2.45, 2.75) is 48.0 Å². The van der Waals surface area contributed by atoms with E-state index in [0.29, 0.717) is 0 Å². The molecule has 0 unspecified atom stereocenters.